The van der Waals surface area contributed by atoms with Crippen LogP contribution in [0.15, 0.2) is 42.9 Å². The molecule has 9 heteroatoms. The number of fused-ring (bicyclic) bond motifs is 1. The first-order chi connectivity index (χ1) is 15.9. The highest BCUT2D eigenvalue weighted by Gasteiger charge is 2.27. The Hall–Kier alpha value is -3.88. The van der Waals surface area contributed by atoms with Crippen LogP contribution in [-0.2, 0) is 4.79 Å². The maximum Gasteiger partial charge on any atom is 0.219 e. The molecule has 4 rings (SSSR count). The number of likely N-dealkylation sites (tertiary alicyclic amines) is 1. The Morgan fingerprint density at radius 1 is 1.21 bits per heavy atom. The van der Waals surface area contributed by atoms with Gasteiger partial charge in [0.05, 0.1) is 17.2 Å². The molecule has 0 aromatic carbocycles. The fourth-order valence-corrected chi connectivity index (χ4v) is 3.62. The van der Waals surface area contributed by atoms with E-state index in [4.69, 9.17) is 5.41 Å². The molecule has 3 aromatic rings. The first-order valence-electron chi connectivity index (χ1n) is 11.0. The SMILES string of the molecule is CC(=O)N1CC(CN/C=C(\C=N)c2cnc3ccc(Nc4cc(C(C)C)cnn4)nc3c2)C1. The van der Waals surface area contributed by atoms with Gasteiger partial charge in [0.25, 0.3) is 0 Å². The van der Waals surface area contributed by atoms with Gasteiger partial charge in [0.15, 0.2) is 5.82 Å². The number of pyridine rings is 2. The molecule has 1 amide bonds. The molecule has 1 saturated heterocycles. The van der Waals surface area contributed by atoms with Crippen LogP contribution >= 0.6 is 0 Å². The van der Waals surface area contributed by atoms with Crippen molar-refractivity contribution in [2.45, 2.75) is 26.7 Å². The zero-order valence-electron chi connectivity index (χ0n) is 19.0. The lowest BCUT2D eigenvalue weighted by Crippen LogP contribution is -2.52. The highest BCUT2D eigenvalue weighted by atomic mass is 16.2. The lowest BCUT2D eigenvalue weighted by molar-refractivity contribution is -0.134. The second-order valence-electron chi connectivity index (χ2n) is 8.55. The highest BCUT2D eigenvalue weighted by molar-refractivity contribution is 6.08. The van der Waals surface area contributed by atoms with Crippen LogP contribution in [0.2, 0.25) is 0 Å². The predicted molar refractivity (Wildman–Crippen MR) is 129 cm³/mol. The van der Waals surface area contributed by atoms with Crippen molar-refractivity contribution in [2.24, 2.45) is 5.92 Å². The molecule has 1 fully saturated rings. The molecule has 1 aliphatic rings. The predicted octanol–water partition coefficient (Wildman–Crippen LogP) is 3.35. The number of nitrogens with zero attached hydrogens (tertiary/aromatic N) is 5. The fourth-order valence-electron chi connectivity index (χ4n) is 3.62. The van der Waals surface area contributed by atoms with Crippen molar-refractivity contribution in [3.63, 3.8) is 0 Å². The maximum atomic E-state index is 11.3. The third kappa shape index (κ3) is 5.31. The van der Waals surface area contributed by atoms with Crippen molar-refractivity contribution in [1.82, 2.24) is 30.4 Å². The summed E-state index contributed by atoms with van der Waals surface area (Å²) < 4.78 is 0. The summed E-state index contributed by atoms with van der Waals surface area (Å²) in [6.45, 7) is 8.12. The van der Waals surface area contributed by atoms with E-state index in [0.717, 1.165) is 36.3 Å². The smallest absolute Gasteiger partial charge is 0.219 e. The topological polar surface area (TPSA) is 120 Å². The summed E-state index contributed by atoms with van der Waals surface area (Å²) in [4.78, 5) is 22.3. The summed E-state index contributed by atoms with van der Waals surface area (Å²) in [5, 5.41) is 22.5. The summed E-state index contributed by atoms with van der Waals surface area (Å²) >= 11 is 0. The van der Waals surface area contributed by atoms with E-state index in [1.807, 2.05) is 35.4 Å². The van der Waals surface area contributed by atoms with Gasteiger partial charge in [-0.2, -0.15) is 5.10 Å². The van der Waals surface area contributed by atoms with Crippen molar-refractivity contribution < 1.29 is 4.79 Å². The van der Waals surface area contributed by atoms with Gasteiger partial charge in [0.1, 0.15) is 5.82 Å². The molecule has 0 radical (unpaired) electrons. The van der Waals surface area contributed by atoms with Gasteiger partial charge in [0.2, 0.25) is 5.91 Å². The first kappa shape index (κ1) is 22.3. The molecule has 3 aromatic heterocycles. The van der Waals surface area contributed by atoms with E-state index >= 15 is 0 Å². The Bertz CT molecular complexity index is 1200. The maximum absolute atomic E-state index is 11.3. The number of carbonyl (C=O) groups excluding carboxylic acids is 1. The van der Waals surface area contributed by atoms with Crippen LogP contribution in [0.25, 0.3) is 16.6 Å². The standard InChI is InChI=1S/C24H28N8O/c1-15(2)18-7-24(31-28-12-18)30-23-5-4-21-22(29-23)6-19(11-27-21)20(8-25)10-26-9-17-13-32(14-17)16(3)33/h4-8,10-12,15,17,25-26H,9,13-14H2,1-3H3,(H,29,30,31)/b20-10+,25-8?. The molecule has 9 nitrogen and oxygen atoms in total. The van der Waals surface area contributed by atoms with Crippen molar-refractivity contribution in [1.29, 1.82) is 5.41 Å². The Morgan fingerprint density at radius 3 is 2.76 bits per heavy atom. The zero-order valence-corrected chi connectivity index (χ0v) is 19.0. The van der Waals surface area contributed by atoms with Crippen LogP contribution < -0.4 is 10.6 Å². The molecule has 3 N–H and O–H groups in total. The summed E-state index contributed by atoms with van der Waals surface area (Å²) in [5.41, 5.74) is 4.09. The van der Waals surface area contributed by atoms with E-state index < -0.39 is 0 Å². The van der Waals surface area contributed by atoms with Gasteiger partial charge in [-0.3, -0.25) is 9.78 Å². The Morgan fingerprint density at radius 2 is 2.03 bits per heavy atom. The molecule has 4 heterocycles. The van der Waals surface area contributed by atoms with Crippen LogP contribution in [-0.4, -0.2) is 56.8 Å². The molecular weight excluding hydrogens is 416 g/mol. The summed E-state index contributed by atoms with van der Waals surface area (Å²) in [6.07, 6.45) is 6.63. The van der Waals surface area contributed by atoms with Crippen LogP contribution in [0.3, 0.4) is 0 Å². The number of hydrogen-bond acceptors (Lipinski definition) is 8. The van der Waals surface area contributed by atoms with Gasteiger partial charge in [0, 0.05) is 62.2 Å². The van der Waals surface area contributed by atoms with Crippen LogP contribution in [0.4, 0.5) is 11.6 Å². The van der Waals surface area contributed by atoms with Gasteiger partial charge in [-0.05, 0) is 35.7 Å². The summed E-state index contributed by atoms with van der Waals surface area (Å²) in [5.74, 6) is 2.19. The number of nitrogens with one attached hydrogen (secondary N) is 3. The van der Waals surface area contributed by atoms with E-state index in [-0.39, 0.29) is 5.91 Å². The molecule has 0 unspecified atom stereocenters. The van der Waals surface area contributed by atoms with Crippen molar-refractivity contribution in [2.75, 3.05) is 25.0 Å². The minimum Gasteiger partial charge on any atom is -0.390 e. The third-order valence-corrected chi connectivity index (χ3v) is 5.69. The van der Waals surface area contributed by atoms with E-state index in [2.05, 4.69) is 44.6 Å². The molecule has 170 valence electrons. The lowest BCUT2D eigenvalue weighted by atomic mass is 10.0. The van der Waals surface area contributed by atoms with E-state index in [9.17, 15) is 4.79 Å². The van der Waals surface area contributed by atoms with Crippen LogP contribution in [0.5, 0.6) is 0 Å². The molecule has 33 heavy (non-hydrogen) atoms. The Balaban J connectivity index is 1.47. The third-order valence-electron chi connectivity index (χ3n) is 5.69. The van der Waals surface area contributed by atoms with Gasteiger partial charge in [-0.15, -0.1) is 5.10 Å². The average molecular weight is 445 g/mol. The number of rotatable bonds is 8. The molecule has 0 atom stereocenters. The molecule has 1 aliphatic heterocycles. The summed E-state index contributed by atoms with van der Waals surface area (Å²) in [6, 6.07) is 7.65. The lowest BCUT2D eigenvalue weighted by Gasteiger charge is -2.38. The Labute approximate surface area is 192 Å². The number of amides is 1. The minimum atomic E-state index is 0.116. The molecule has 0 saturated carbocycles. The number of allylic oxidation sites excluding steroid dienone is 1. The number of anilines is 2. The van der Waals surface area contributed by atoms with Crippen molar-refractivity contribution >= 4 is 40.4 Å². The number of aromatic nitrogens is 4. The number of carbonyl (C=O) groups is 1. The second-order valence-corrected chi connectivity index (χ2v) is 8.55. The fraction of sp³-hybridized carbons (Fsp3) is 0.333. The average Bonchev–Trinajstić information content (AvgIpc) is 2.77. The molecule has 0 spiro atoms. The summed E-state index contributed by atoms with van der Waals surface area (Å²) in [7, 11) is 0. The van der Waals surface area contributed by atoms with Crippen LogP contribution in [0, 0.1) is 11.3 Å². The van der Waals surface area contributed by atoms with Gasteiger partial charge < -0.3 is 20.9 Å². The quantitative estimate of drug-likeness (QED) is 0.456. The normalized spacial score (nSPS) is 14.3. The van der Waals surface area contributed by atoms with Crippen molar-refractivity contribution in [3.8, 4) is 0 Å². The van der Waals surface area contributed by atoms with E-state index in [1.54, 1.807) is 19.3 Å². The first-order valence-corrected chi connectivity index (χ1v) is 11.0. The van der Waals surface area contributed by atoms with Gasteiger partial charge in [-0.1, -0.05) is 13.8 Å². The van der Waals surface area contributed by atoms with Crippen molar-refractivity contribution in [3.05, 3.63) is 54.0 Å². The highest BCUT2D eigenvalue weighted by Crippen LogP contribution is 2.22. The van der Waals surface area contributed by atoms with Gasteiger partial charge >= 0.3 is 0 Å². The van der Waals surface area contributed by atoms with E-state index in [1.165, 1.54) is 6.21 Å². The number of hydrogen-bond donors (Lipinski definition) is 3. The second kappa shape index (κ2) is 9.72. The molecule has 0 bridgehead atoms. The molecule has 0 aliphatic carbocycles. The Kier molecular flexibility index (Phi) is 6.58. The molecular formula is C24H28N8O. The minimum absolute atomic E-state index is 0.116. The largest absolute Gasteiger partial charge is 0.390 e. The van der Waals surface area contributed by atoms with Gasteiger partial charge in [-0.25, -0.2) is 4.98 Å². The zero-order chi connectivity index (χ0) is 23.4. The monoisotopic (exact) mass is 444 g/mol. The van der Waals surface area contributed by atoms with E-state index in [0.29, 0.717) is 34.6 Å². The van der Waals surface area contributed by atoms with Crippen LogP contribution in [0.1, 0.15) is 37.8 Å².